The predicted molar refractivity (Wildman–Crippen MR) is 151 cm³/mol. The first-order valence-corrected chi connectivity index (χ1v) is 14.1. The van der Waals surface area contributed by atoms with E-state index in [1.807, 2.05) is 0 Å². The first kappa shape index (κ1) is 31.6. The molecule has 0 aliphatic heterocycles. The third-order valence-corrected chi connectivity index (χ3v) is 6.37. The molecule has 13 nitrogen and oxygen atoms in total. The Morgan fingerprint density at radius 1 is 1.07 bits per heavy atom. The van der Waals surface area contributed by atoms with Gasteiger partial charge < -0.3 is 30.5 Å². The number of nitrogens with zero attached hydrogens (tertiary/aromatic N) is 5. The van der Waals surface area contributed by atoms with Gasteiger partial charge in [0, 0.05) is 43.8 Å². The highest BCUT2D eigenvalue weighted by Gasteiger charge is 2.36. The molecule has 0 saturated carbocycles. The molecule has 0 aliphatic carbocycles. The van der Waals surface area contributed by atoms with Gasteiger partial charge in [-0.3, -0.25) is 14.0 Å². The monoisotopic (exact) mass is 620 g/mol. The molecule has 0 radical (unpaired) electrons. The first-order valence-electron chi connectivity index (χ1n) is 12.9. The van der Waals surface area contributed by atoms with Crippen molar-refractivity contribution in [2.45, 2.75) is 32.2 Å². The second-order valence-electron chi connectivity index (χ2n) is 9.05. The number of carbonyl (C=O) groups excluding carboxylic acids is 1. The van der Waals surface area contributed by atoms with Crippen LogP contribution in [0.15, 0.2) is 55.0 Å². The summed E-state index contributed by atoms with van der Waals surface area (Å²) in [6, 6.07) is 9.30. The van der Waals surface area contributed by atoms with E-state index in [1.165, 1.54) is 19.2 Å². The zero-order chi connectivity index (χ0) is 31.0. The maximum atomic E-state index is 13.9. The number of alkyl halides is 3. The molecule has 1 amide bonds. The van der Waals surface area contributed by atoms with Crippen LogP contribution in [0.4, 0.5) is 36.3 Å². The van der Waals surface area contributed by atoms with Gasteiger partial charge >= 0.3 is 14.4 Å². The lowest BCUT2D eigenvalue weighted by Crippen LogP contribution is -2.21. The summed E-state index contributed by atoms with van der Waals surface area (Å²) in [5.41, 5.74) is 0.632. The maximum Gasteiger partial charge on any atom is 0.421 e. The molecule has 4 aromatic rings. The largest absolute Gasteiger partial charge is 0.421 e. The fraction of sp³-hybridized carbons (Fsp3) is 0.269. The van der Waals surface area contributed by atoms with E-state index >= 15 is 0 Å². The number of aromatic nitrogens is 5. The SMILES string of the molecule is CNC(=O)c1nc(-c2cnn(CCCCO)c2)ccc1Nc1nc(Nc2ccc(CO[PH](=O)O)cc2)ncc1C(F)(F)F. The van der Waals surface area contributed by atoms with Crippen molar-refractivity contribution in [2.24, 2.45) is 0 Å². The molecule has 0 bridgehead atoms. The number of halogens is 3. The van der Waals surface area contributed by atoms with Gasteiger partial charge in [0.15, 0.2) is 5.69 Å². The highest BCUT2D eigenvalue weighted by atomic mass is 31.1. The van der Waals surface area contributed by atoms with Crippen molar-refractivity contribution in [1.29, 1.82) is 0 Å². The minimum atomic E-state index is -4.82. The average molecular weight is 621 g/mol. The zero-order valence-electron chi connectivity index (χ0n) is 22.7. The Morgan fingerprint density at radius 3 is 2.51 bits per heavy atom. The number of aliphatic hydroxyl groups excluding tert-OH is 1. The van der Waals surface area contributed by atoms with Crippen molar-refractivity contribution in [3.05, 3.63) is 71.8 Å². The molecule has 4 rings (SSSR count). The second kappa shape index (κ2) is 14.2. The highest BCUT2D eigenvalue weighted by molar-refractivity contribution is 7.32. The van der Waals surface area contributed by atoms with Gasteiger partial charge in [0.1, 0.15) is 11.4 Å². The Hall–Kier alpha value is -4.37. The molecule has 3 heterocycles. The number of anilines is 4. The molecular weight excluding hydrogens is 592 g/mol. The summed E-state index contributed by atoms with van der Waals surface area (Å²) in [5.74, 6) is -1.42. The van der Waals surface area contributed by atoms with Gasteiger partial charge in [-0.15, -0.1) is 0 Å². The summed E-state index contributed by atoms with van der Waals surface area (Å²) in [6.45, 7) is 0.547. The lowest BCUT2D eigenvalue weighted by Gasteiger charge is -2.16. The Morgan fingerprint density at radius 2 is 1.84 bits per heavy atom. The number of aryl methyl sites for hydroxylation is 1. The highest BCUT2D eigenvalue weighted by Crippen LogP contribution is 2.36. The van der Waals surface area contributed by atoms with Crippen LogP contribution in [-0.2, 0) is 28.4 Å². The van der Waals surface area contributed by atoms with Crippen molar-refractivity contribution in [3.8, 4) is 11.3 Å². The maximum absolute atomic E-state index is 13.9. The molecule has 3 aromatic heterocycles. The van der Waals surface area contributed by atoms with Gasteiger partial charge in [0.05, 0.1) is 24.2 Å². The predicted octanol–water partition coefficient (Wildman–Crippen LogP) is 4.27. The molecule has 17 heteroatoms. The summed E-state index contributed by atoms with van der Waals surface area (Å²) >= 11 is 0. The molecule has 0 fully saturated rings. The van der Waals surface area contributed by atoms with Crippen molar-refractivity contribution < 1.29 is 37.1 Å². The average Bonchev–Trinajstić information content (AvgIpc) is 3.45. The Bertz CT molecular complexity index is 1580. The van der Waals surface area contributed by atoms with Gasteiger partial charge in [-0.1, -0.05) is 12.1 Å². The number of hydrogen-bond donors (Lipinski definition) is 5. The normalized spacial score (nSPS) is 12.1. The van der Waals surface area contributed by atoms with Crippen LogP contribution in [-0.4, -0.2) is 54.3 Å². The van der Waals surface area contributed by atoms with Crippen molar-refractivity contribution in [3.63, 3.8) is 0 Å². The summed E-state index contributed by atoms with van der Waals surface area (Å²) < 4.78 is 58.8. The number of unbranched alkanes of at least 4 members (excludes halogenated alkanes) is 1. The van der Waals surface area contributed by atoms with Gasteiger partial charge in [0.25, 0.3) is 5.91 Å². The molecule has 1 aromatic carbocycles. The van der Waals surface area contributed by atoms with Crippen LogP contribution in [0.5, 0.6) is 0 Å². The van der Waals surface area contributed by atoms with Gasteiger partial charge in [-0.25, -0.2) is 9.97 Å². The number of nitrogens with one attached hydrogen (secondary N) is 3. The number of amides is 1. The smallest absolute Gasteiger partial charge is 0.396 e. The van der Waals surface area contributed by atoms with E-state index in [4.69, 9.17) is 10.00 Å². The summed E-state index contributed by atoms with van der Waals surface area (Å²) in [6.07, 6.45) is 0.405. The van der Waals surface area contributed by atoms with Crippen LogP contribution < -0.4 is 16.0 Å². The molecule has 5 N–H and O–H groups in total. The third kappa shape index (κ3) is 8.58. The van der Waals surface area contributed by atoms with Crippen LogP contribution in [0.1, 0.15) is 34.5 Å². The number of benzene rings is 1. The fourth-order valence-corrected chi connectivity index (χ4v) is 4.14. The van der Waals surface area contributed by atoms with E-state index in [0.717, 1.165) is 0 Å². The molecule has 1 atom stereocenters. The topological polar surface area (TPSA) is 176 Å². The molecule has 0 spiro atoms. The fourth-order valence-electron chi connectivity index (χ4n) is 3.85. The third-order valence-electron chi connectivity index (χ3n) is 5.98. The minimum absolute atomic E-state index is 0.0268. The molecule has 0 saturated heterocycles. The number of aliphatic hydroxyl groups is 1. The molecule has 228 valence electrons. The number of hydrogen-bond acceptors (Lipinski definition) is 10. The number of rotatable bonds is 13. The van der Waals surface area contributed by atoms with Crippen molar-refractivity contribution >= 4 is 37.3 Å². The van der Waals surface area contributed by atoms with E-state index in [0.29, 0.717) is 48.1 Å². The minimum Gasteiger partial charge on any atom is -0.396 e. The second-order valence-corrected chi connectivity index (χ2v) is 9.87. The Kier molecular flexibility index (Phi) is 10.4. The number of carbonyl (C=O) groups is 1. The Balaban J connectivity index is 1.62. The van der Waals surface area contributed by atoms with E-state index in [-0.39, 0.29) is 30.5 Å². The standard InChI is InChI=1S/C26H28F3N8O5P/c1-30-24(39)22-21(9-8-20(34-22)17-12-32-37(14-17)10-2-3-11-38)35-23-19(26(27,28)29)13-31-25(36-23)33-18-6-4-16(5-7-18)15-42-43(40)41/h4-9,12-14,38,43H,2-3,10-11,15H2,1H3,(H,30,39)(H,40,41)(H2,31,33,35,36). The summed E-state index contributed by atoms with van der Waals surface area (Å²) in [7, 11) is -1.72. The van der Waals surface area contributed by atoms with Gasteiger partial charge in [0.2, 0.25) is 5.95 Å². The zero-order valence-corrected chi connectivity index (χ0v) is 23.7. The van der Waals surface area contributed by atoms with Crippen LogP contribution in [0.2, 0.25) is 0 Å². The van der Waals surface area contributed by atoms with E-state index in [2.05, 4.69) is 40.5 Å². The molecule has 43 heavy (non-hydrogen) atoms. The molecular formula is C26H28F3N8O5P. The summed E-state index contributed by atoms with van der Waals surface area (Å²) in [4.78, 5) is 33.7. The van der Waals surface area contributed by atoms with Gasteiger partial charge in [-0.2, -0.15) is 23.3 Å². The quantitative estimate of drug-likeness (QED) is 0.107. The van der Waals surface area contributed by atoms with Gasteiger partial charge in [-0.05, 0) is 42.7 Å². The Labute approximate surface area is 244 Å². The van der Waals surface area contributed by atoms with E-state index in [9.17, 15) is 22.5 Å². The van der Waals surface area contributed by atoms with Crippen LogP contribution in [0.25, 0.3) is 11.3 Å². The van der Waals surface area contributed by atoms with Crippen LogP contribution in [0, 0.1) is 0 Å². The number of pyridine rings is 1. The van der Waals surface area contributed by atoms with E-state index in [1.54, 1.807) is 41.3 Å². The summed E-state index contributed by atoms with van der Waals surface area (Å²) in [5, 5.41) is 21.1. The molecule has 0 aliphatic rings. The molecule has 1 unspecified atom stereocenters. The lowest BCUT2D eigenvalue weighted by atomic mass is 10.1. The first-order chi connectivity index (χ1) is 20.6. The lowest BCUT2D eigenvalue weighted by molar-refractivity contribution is -0.137. The van der Waals surface area contributed by atoms with Crippen LogP contribution in [0.3, 0.4) is 0 Å². The van der Waals surface area contributed by atoms with Crippen molar-refractivity contribution in [2.75, 3.05) is 24.3 Å². The van der Waals surface area contributed by atoms with E-state index < -0.39 is 31.7 Å². The van der Waals surface area contributed by atoms with Crippen LogP contribution >= 0.6 is 8.25 Å². The van der Waals surface area contributed by atoms with Crippen molar-refractivity contribution in [1.82, 2.24) is 30.0 Å².